The van der Waals surface area contributed by atoms with Gasteiger partial charge in [-0.3, -0.25) is 9.59 Å². The van der Waals surface area contributed by atoms with Crippen LogP contribution in [0.15, 0.2) is 23.6 Å². The molecule has 1 N–H and O–H groups in total. The van der Waals surface area contributed by atoms with E-state index in [0.717, 1.165) is 5.69 Å². The van der Waals surface area contributed by atoms with Crippen molar-refractivity contribution in [1.29, 1.82) is 0 Å². The van der Waals surface area contributed by atoms with Crippen LogP contribution in [-0.2, 0) is 0 Å². The molecule has 1 heterocycles. The van der Waals surface area contributed by atoms with Crippen LogP contribution in [-0.4, -0.2) is 23.8 Å². The van der Waals surface area contributed by atoms with E-state index in [1.807, 2.05) is 19.2 Å². The van der Waals surface area contributed by atoms with E-state index in [1.165, 1.54) is 25.4 Å². The Morgan fingerprint density at radius 1 is 1.32 bits per heavy atom. The lowest BCUT2D eigenvalue weighted by molar-refractivity contribution is 0.101. The first kappa shape index (κ1) is 16.2. The summed E-state index contributed by atoms with van der Waals surface area (Å²) in [5.74, 6) is 0.386. The van der Waals surface area contributed by atoms with Crippen molar-refractivity contribution < 1.29 is 14.3 Å². The molecule has 2 aromatic rings. The fourth-order valence-corrected chi connectivity index (χ4v) is 2.77. The first-order valence-corrected chi connectivity index (χ1v) is 7.76. The summed E-state index contributed by atoms with van der Waals surface area (Å²) in [5, 5.41) is 4.99. The maximum absolute atomic E-state index is 12.3. The van der Waals surface area contributed by atoms with Crippen molar-refractivity contribution >= 4 is 28.7 Å². The number of Topliss-reactive ketones (excluding diaryl/α,β-unsaturated/α-hetero) is 1. The van der Waals surface area contributed by atoms with Crippen molar-refractivity contribution in [2.24, 2.45) is 0 Å². The number of ether oxygens (including phenoxy) is 1. The molecule has 0 aliphatic rings. The fraction of sp³-hybridized carbons (Fsp3) is 0.312. The first-order chi connectivity index (χ1) is 10.4. The molecule has 0 saturated carbocycles. The van der Waals surface area contributed by atoms with Crippen LogP contribution < -0.4 is 10.1 Å². The zero-order valence-corrected chi connectivity index (χ0v) is 13.8. The Bertz CT molecular complexity index is 707. The minimum Gasteiger partial charge on any atom is -0.497 e. The summed E-state index contributed by atoms with van der Waals surface area (Å²) in [6, 6.07) is 4.95. The van der Waals surface area contributed by atoms with E-state index in [-0.39, 0.29) is 17.6 Å². The number of thiazole rings is 1. The zero-order valence-electron chi connectivity index (χ0n) is 13.0. The van der Waals surface area contributed by atoms with E-state index >= 15 is 0 Å². The number of aromatic nitrogens is 1. The van der Waals surface area contributed by atoms with Crippen LogP contribution in [0.4, 0.5) is 5.69 Å². The van der Waals surface area contributed by atoms with Crippen molar-refractivity contribution in [2.75, 3.05) is 12.4 Å². The highest BCUT2D eigenvalue weighted by Gasteiger charge is 2.16. The summed E-state index contributed by atoms with van der Waals surface area (Å²) in [6.07, 6.45) is 0. The Hall–Kier alpha value is -2.21. The molecule has 6 heteroatoms. The van der Waals surface area contributed by atoms with E-state index < -0.39 is 0 Å². The topological polar surface area (TPSA) is 68.3 Å². The number of ketones is 1. The molecule has 0 fully saturated rings. The van der Waals surface area contributed by atoms with E-state index in [4.69, 9.17) is 4.74 Å². The van der Waals surface area contributed by atoms with Crippen molar-refractivity contribution in [3.8, 4) is 5.75 Å². The summed E-state index contributed by atoms with van der Waals surface area (Å²) < 4.78 is 5.14. The number of carbonyl (C=O) groups is 2. The molecule has 1 aromatic carbocycles. The highest BCUT2D eigenvalue weighted by atomic mass is 32.1. The second kappa shape index (κ2) is 6.70. The number of rotatable bonds is 5. The molecule has 0 aliphatic heterocycles. The molecule has 2 rings (SSSR count). The number of carbonyl (C=O) groups excluding carboxylic acids is 2. The smallest absolute Gasteiger partial charge is 0.284 e. The van der Waals surface area contributed by atoms with Crippen LogP contribution in [0.3, 0.4) is 0 Å². The van der Waals surface area contributed by atoms with Gasteiger partial charge in [-0.15, -0.1) is 11.3 Å². The monoisotopic (exact) mass is 318 g/mol. The van der Waals surface area contributed by atoms with Crippen LogP contribution in [0.25, 0.3) is 0 Å². The van der Waals surface area contributed by atoms with Gasteiger partial charge in [-0.2, -0.15) is 0 Å². The van der Waals surface area contributed by atoms with Gasteiger partial charge in [0.1, 0.15) is 5.75 Å². The summed E-state index contributed by atoms with van der Waals surface area (Å²) in [7, 11) is 1.53. The summed E-state index contributed by atoms with van der Waals surface area (Å²) in [5.41, 5.74) is 1.75. The van der Waals surface area contributed by atoms with Gasteiger partial charge in [-0.25, -0.2) is 4.98 Å². The number of benzene rings is 1. The number of nitrogens with one attached hydrogen (secondary N) is 1. The van der Waals surface area contributed by atoms with Crippen molar-refractivity contribution in [3.05, 3.63) is 39.8 Å². The Kier molecular flexibility index (Phi) is 4.92. The second-order valence-corrected chi connectivity index (χ2v) is 6.01. The van der Waals surface area contributed by atoms with E-state index in [0.29, 0.717) is 22.0 Å². The number of amides is 1. The molecule has 0 saturated heterocycles. The molecular formula is C16H18N2O3S. The van der Waals surface area contributed by atoms with Crippen LogP contribution in [0, 0.1) is 0 Å². The Balaban J connectivity index is 2.28. The molecular weight excluding hydrogens is 300 g/mol. The summed E-state index contributed by atoms with van der Waals surface area (Å²) in [6.45, 7) is 5.50. The Morgan fingerprint density at radius 2 is 2.05 bits per heavy atom. The number of nitrogens with zero attached hydrogens (tertiary/aromatic N) is 1. The first-order valence-electron chi connectivity index (χ1n) is 6.88. The second-order valence-electron chi connectivity index (χ2n) is 5.15. The maximum Gasteiger partial charge on any atom is 0.284 e. The predicted octanol–water partition coefficient (Wildman–Crippen LogP) is 3.73. The average Bonchev–Trinajstić information content (AvgIpc) is 2.97. The van der Waals surface area contributed by atoms with Gasteiger partial charge in [-0.05, 0) is 25.0 Å². The largest absolute Gasteiger partial charge is 0.497 e. The minimum absolute atomic E-state index is 0.125. The number of hydrogen-bond donors (Lipinski definition) is 1. The molecule has 0 bridgehead atoms. The fourth-order valence-electron chi connectivity index (χ4n) is 1.89. The van der Waals surface area contributed by atoms with Gasteiger partial charge in [-0.1, -0.05) is 13.8 Å². The minimum atomic E-state index is -0.326. The molecule has 0 radical (unpaired) electrons. The van der Waals surface area contributed by atoms with Crippen molar-refractivity contribution in [1.82, 2.24) is 4.98 Å². The number of methoxy groups -OCH3 is 1. The van der Waals surface area contributed by atoms with Crippen LogP contribution in [0.1, 0.15) is 52.5 Å². The van der Waals surface area contributed by atoms with Gasteiger partial charge >= 0.3 is 0 Å². The molecule has 0 aliphatic carbocycles. The maximum atomic E-state index is 12.3. The van der Waals surface area contributed by atoms with E-state index in [1.54, 1.807) is 18.2 Å². The zero-order chi connectivity index (χ0) is 16.3. The van der Waals surface area contributed by atoms with Gasteiger partial charge in [0.15, 0.2) is 10.8 Å². The van der Waals surface area contributed by atoms with Crippen LogP contribution >= 0.6 is 11.3 Å². The molecule has 22 heavy (non-hydrogen) atoms. The normalized spacial score (nSPS) is 10.6. The quantitative estimate of drug-likeness (QED) is 0.853. The molecule has 0 unspecified atom stereocenters. The van der Waals surface area contributed by atoms with Crippen LogP contribution in [0.5, 0.6) is 5.75 Å². The van der Waals surface area contributed by atoms with Gasteiger partial charge < -0.3 is 10.1 Å². The van der Waals surface area contributed by atoms with E-state index in [9.17, 15) is 9.59 Å². The standard InChI is InChI=1S/C16H18N2O3S/c1-9(2)14-8-22-16(18-14)15(20)17-13-7-11(21-4)5-6-12(13)10(3)19/h5-9H,1-4H3,(H,17,20). The lowest BCUT2D eigenvalue weighted by Crippen LogP contribution is -2.14. The van der Waals surface area contributed by atoms with Crippen LogP contribution in [0.2, 0.25) is 0 Å². The molecule has 5 nitrogen and oxygen atoms in total. The van der Waals surface area contributed by atoms with Gasteiger partial charge in [0.2, 0.25) is 0 Å². The number of anilines is 1. The molecule has 0 atom stereocenters. The SMILES string of the molecule is COc1ccc(C(C)=O)c(NC(=O)c2nc(C(C)C)cs2)c1. The molecule has 1 amide bonds. The molecule has 116 valence electrons. The van der Waals surface area contributed by atoms with Crippen molar-refractivity contribution in [3.63, 3.8) is 0 Å². The van der Waals surface area contributed by atoms with Gasteiger partial charge in [0.25, 0.3) is 5.91 Å². The van der Waals surface area contributed by atoms with Gasteiger partial charge in [0.05, 0.1) is 18.5 Å². The van der Waals surface area contributed by atoms with E-state index in [2.05, 4.69) is 10.3 Å². The number of hydrogen-bond acceptors (Lipinski definition) is 5. The summed E-state index contributed by atoms with van der Waals surface area (Å²) >= 11 is 1.29. The third-order valence-electron chi connectivity index (χ3n) is 3.16. The highest BCUT2D eigenvalue weighted by molar-refractivity contribution is 7.11. The Labute approximate surface area is 133 Å². The van der Waals surface area contributed by atoms with Gasteiger partial charge in [0, 0.05) is 17.0 Å². The molecule has 1 aromatic heterocycles. The third kappa shape index (κ3) is 3.51. The Morgan fingerprint density at radius 3 is 2.59 bits per heavy atom. The predicted molar refractivity (Wildman–Crippen MR) is 87.2 cm³/mol. The van der Waals surface area contributed by atoms with Crippen molar-refractivity contribution in [2.45, 2.75) is 26.7 Å². The lowest BCUT2D eigenvalue weighted by atomic mass is 10.1. The highest BCUT2D eigenvalue weighted by Crippen LogP contribution is 2.25. The molecule has 0 spiro atoms. The average molecular weight is 318 g/mol. The third-order valence-corrected chi connectivity index (χ3v) is 4.02. The lowest BCUT2D eigenvalue weighted by Gasteiger charge is -2.10. The summed E-state index contributed by atoms with van der Waals surface area (Å²) in [4.78, 5) is 28.3.